The van der Waals surface area contributed by atoms with E-state index in [0.29, 0.717) is 6.10 Å². The van der Waals surface area contributed by atoms with Crippen LogP contribution in [0.15, 0.2) is 0 Å². The first-order valence-corrected chi connectivity index (χ1v) is 4.59. The Morgan fingerprint density at radius 1 is 1.64 bits per heavy atom. The Morgan fingerprint density at radius 3 is 3.00 bits per heavy atom. The van der Waals surface area contributed by atoms with Gasteiger partial charge in [-0.25, -0.2) is 0 Å². The van der Waals surface area contributed by atoms with Crippen LogP contribution in [0.4, 0.5) is 0 Å². The summed E-state index contributed by atoms with van der Waals surface area (Å²) in [5.74, 6) is 0.753. The predicted molar refractivity (Wildman–Crippen MR) is 46.7 cm³/mol. The first kappa shape index (κ1) is 9.01. The van der Waals surface area contributed by atoms with Gasteiger partial charge in [-0.05, 0) is 38.8 Å². The molecule has 0 saturated carbocycles. The standard InChI is InChI=1S/C9H19NO/c1-8(7-10-2)6-9-4-3-5-11-9/h8-10H,3-7H2,1-2H3. The lowest BCUT2D eigenvalue weighted by Gasteiger charge is -2.15. The highest BCUT2D eigenvalue weighted by Crippen LogP contribution is 2.18. The lowest BCUT2D eigenvalue weighted by atomic mass is 10.0. The molecule has 0 aromatic rings. The maximum atomic E-state index is 5.54. The minimum Gasteiger partial charge on any atom is -0.378 e. The Hall–Kier alpha value is -0.0800. The van der Waals surface area contributed by atoms with Gasteiger partial charge < -0.3 is 10.1 Å². The molecule has 0 aromatic heterocycles. The molecule has 0 spiro atoms. The van der Waals surface area contributed by atoms with Gasteiger partial charge in [0.1, 0.15) is 0 Å². The van der Waals surface area contributed by atoms with Crippen molar-refractivity contribution >= 4 is 0 Å². The normalized spacial score (nSPS) is 27.3. The third-order valence-electron chi connectivity index (χ3n) is 2.24. The second-order valence-corrected chi connectivity index (χ2v) is 3.53. The van der Waals surface area contributed by atoms with Gasteiger partial charge in [-0.3, -0.25) is 0 Å². The molecular weight excluding hydrogens is 138 g/mol. The van der Waals surface area contributed by atoms with Crippen molar-refractivity contribution in [3.8, 4) is 0 Å². The molecule has 0 amide bonds. The van der Waals surface area contributed by atoms with Crippen LogP contribution in [-0.4, -0.2) is 26.3 Å². The molecule has 0 bridgehead atoms. The maximum Gasteiger partial charge on any atom is 0.0579 e. The van der Waals surface area contributed by atoms with Gasteiger partial charge in [0.25, 0.3) is 0 Å². The van der Waals surface area contributed by atoms with Crippen LogP contribution in [0.3, 0.4) is 0 Å². The van der Waals surface area contributed by atoms with E-state index in [-0.39, 0.29) is 0 Å². The van der Waals surface area contributed by atoms with Gasteiger partial charge in [-0.2, -0.15) is 0 Å². The Labute approximate surface area is 69.3 Å². The van der Waals surface area contributed by atoms with E-state index in [9.17, 15) is 0 Å². The van der Waals surface area contributed by atoms with Gasteiger partial charge in [-0.15, -0.1) is 0 Å². The van der Waals surface area contributed by atoms with Crippen molar-refractivity contribution in [2.24, 2.45) is 5.92 Å². The minimum atomic E-state index is 0.554. The van der Waals surface area contributed by atoms with Crippen LogP contribution in [0.25, 0.3) is 0 Å². The van der Waals surface area contributed by atoms with Crippen LogP contribution in [-0.2, 0) is 4.74 Å². The summed E-state index contributed by atoms with van der Waals surface area (Å²) in [4.78, 5) is 0. The maximum absolute atomic E-state index is 5.54. The number of hydrogen-bond acceptors (Lipinski definition) is 2. The minimum absolute atomic E-state index is 0.554. The van der Waals surface area contributed by atoms with Gasteiger partial charge in [0.05, 0.1) is 6.10 Å². The molecule has 1 heterocycles. The largest absolute Gasteiger partial charge is 0.378 e. The molecule has 66 valence electrons. The van der Waals surface area contributed by atoms with E-state index >= 15 is 0 Å². The number of hydrogen-bond donors (Lipinski definition) is 1. The van der Waals surface area contributed by atoms with Gasteiger partial charge >= 0.3 is 0 Å². The first-order valence-electron chi connectivity index (χ1n) is 4.59. The van der Waals surface area contributed by atoms with Crippen molar-refractivity contribution < 1.29 is 4.74 Å². The zero-order valence-corrected chi connectivity index (χ0v) is 7.60. The fourth-order valence-corrected chi connectivity index (χ4v) is 1.71. The average molecular weight is 157 g/mol. The van der Waals surface area contributed by atoms with E-state index in [2.05, 4.69) is 12.2 Å². The summed E-state index contributed by atoms with van der Waals surface area (Å²) >= 11 is 0. The lowest BCUT2D eigenvalue weighted by molar-refractivity contribution is 0.0919. The van der Waals surface area contributed by atoms with Gasteiger partial charge in [0, 0.05) is 6.61 Å². The fourth-order valence-electron chi connectivity index (χ4n) is 1.71. The van der Waals surface area contributed by atoms with E-state index in [1.165, 1.54) is 19.3 Å². The van der Waals surface area contributed by atoms with E-state index in [0.717, 1.165) is 19.1 Å². The van der Waals surface area contributed by atoms with Crippen LogP contribution in [0, 0.1) is 5.92 Å². The molecule has 1 saturated heterocycles. The van der Waals surface area contributed by atoms with E-state index in [1.807, 2.05) is 7.05 Å². The third kappa shape index (κ3) is 3.21. The van der Waals surface area contributed by atoms with Crippen LogP contribution in [0.5, 0.6) is 0 Å². The fraction of sp³-hybridized carbons (Fsp3) is 1.00. The summed E-state index contributed by atoms with van der Waals surface area (Å²) < 4.78 is 5.54. The van der Waals surface area contributed by atoms with Crippen molar-refractivity contribution in [3.63, 3.8) is 0 Å². The Morgan fingerprint density at radius 2 is 2.45 bits per heavy atom. The molecule has 2 nitrogen and oxygen atoms in total. The number of nitrogens with one attached hydrogen (secondary N) is 1. The van der Waals surface area contributed by atoms with Crippen molar-refractivity contribution in [2.75, 3.05) is 20.2 Å². The highest BCUT2D eigenvalue weighted by atomic mass is 16.5. The van der Waals surface area contributed by atoms with Crippen LogP contribution >= 0.6 is 0 Å². The zero-order valence-electron chi connectivity index (χ0n) is 7.60. The quantitative estimate of drug-likeness (QED) is 0.666. The Bertz CT molecular complexity index is 99.7. The molecular formula is C9H19NO. The van der Waals surface area contributed by atoms with Crippen LogP contribution in [0.2, 0.25) is 0 Å². The average Bonchev–Trinajstić information content (AvgIpc) is 2.40. The summed E-state index contributed by atoms with van der Waals surface area (Å²) in [6.45, 7) is 4.37. The molecule has 1 rings (SSSR count). The van der Waals surface area contributed by atoms with E-state index in [4.69, 9.17) is 4.74 Å². The molecule has 0 aromatic carbocycles. The molecule has 0 aliphatic carbocycles. The van der Waals surface area contributed by atoms with Gasteiger partial charge in [0.2, 0.25) is 0 Å². The molecule has 2 atom stereocenters. The highest BCUT2D eigenvalue weighted by Gasteiger charge is 2.17. The van der Waals surface area contributed by atoms with Crippen molar-refractivity contribution in [2.45, 2.75) is 32.3 Å². The van der Waals surface area contributed by atoms with Crippen molar-refractivity contribution in [3.05, 3.63) is 0 Å². The molecule has 11 heavy (non-hydrogen) atoms. The van der Waals surface area contributed by atoms with Crippen LogP contribution < -0.4 is 5.32 Å². The molecule has 2 heteroatoms. The molecule has 1 fully saturated rings. The topological polar surface area (TPSA) is 21.3 Å². The van der Waals surface area contributed by atoms with E-state index in [1.54, 1.807) is 0 Å². The summed E-state index contributed by atoms with van der Waals surface area (Å²) in [6, 6.07) is 0. The molecule has 2 unspecified atom stereocenters. The summed E-state index contributed by atoms with van der Waals surface area (Å²) in [5, 5.41) is 3.19. The number of ether oxygens (including phenoxy) is 1. The second kappa shape index (κ2) is 4.73. The highest BCUT2D eigenvalue weighted by molar-refractivity contribution is 4.68. The Balaban J connectivity index is 2.08. The smallest absolute Gasteiger partial charge is 0.0579 e. The first-order chi connectivity index (χ1) is 5.33. The van der Waals surface area contributed by atoms with Crippen LogP contribution in [0.1, 0.15) is 26.2 Å². The van der Waals surface area contributed by atoms with Gasteiger partial charge in [-0.1, -0.05) is 6.92 Å². The molecule has 1 N–H and O–H groups in total. The summed E-state index contributed by atoms with van der Waals surface area (Å²) in [5.41, 5.74) is 0. The summed E-state index contributed by atoms with van der Waals surface area (Å²) in [6.07, 6.45) is 4.31. The molecule has 1 aliphatic rings. The molecule has 1 aliphatic heterocycles. The summed E-state index contributed by atoms with van der Waals surface area (Å²) in [7, 11) is 2.01. The Kier molecular flexibility index (Phi) is 3.87. The predicted octanol–water partition coefficient (Wildman–Crippen LogP) is 1.41. The second-order valence-electron chi connectivity index (χ2n) is 3.53. The van der Waals surface area contributed by atoms with Crippen molar-refractivity contribution in [1.29, 1.82) is 0 Å². The lowest BCUT2D eigenvalue weighted by Crippen LogP contribution is -2.20. The number of rotatable bonds is 4. The van der Waals surface area contributed by atoms with Gasteiger partial charge in [0.15, 0.2) is 0 Å². The van der Waals surface area contributed by atoms with Crippen molar-refractivity contribution in [1.82, 2.24) is 5.32 Å². The zero-order chi connectivity index (χ0) is 8.10. The molecule has 0 radical (unpaired) electrons. The third-order valence-corrected chi connectivity index (χ3v) is 2.24. The SMILES string of the molecule is CNCC(C)CC1CCCO1. The monoisotopic (exact) mass is 157 g/mol. The van der Waals surface area contributed by atoms with E-state index < -0.39 is 0 Å².